The van der Waals surface area contributed by atoms with Crippen molar-refractivity contribution in [3.63, 3.8) is 0 Å². The zero-order chi connectivity index (χ0) is 12.0. The minimum Gasteiger partial charge on any atom is -0.103 e. The Morgan fingerprint density at radius 3 is 2.88 bits per heavy atom. The summed E-state index contributed by atoms with van der Waals surface area (Å²) in [5.74, 6) is 0. The third-order valence-corrected chi connectivity index (χ3v) is 3.78. The molecule has 16 heavy (non-hydrogen) atoms. The maximum atomic E-state index is 6.31. The number of aryl methyl sites for hydroxylation is 1. The van der Waals surface area contributed by atoms with Crippen molar-refractivity contribution in [2.24, 2.45) is 0 Å². The molecule has 0 fully saturated rings. The van der Waals surface area contributed by atoms with Crippen LogP contribution < -0.4 is 0 Å². The van der Waals surface area contributed by atoms with Gasteiger partial charge in [0.15, 0.2) is 0 Å². The van der Waals surface area contributed by atoms with E-state index in [0.29, 0.717) is 0 Å². The van der Waals surface area contributed by atoms with Crippen molar-refractivity contribution in [2.45, 2.75) is 26.2 Å². The van der Waals surface area contributed by atoms with Crippen LogP contribution in [0.4, 0.5) is 0 Å². The Bertz CT molecular complexity index is 393. The molecule has 0 unspecified atom stereocenters. The Morgan fingerprint density at radius 2 is 2.25 bits per heavy atom. The largest absolute Gasteiger partial charge is 0.103 e. The average molecular weight is 300 g/mol. The van der Waals surface area contributed by atoms with Gasteiger partial charge in [-0.05, 0) is 31.7 Å². The molecule has 0 heterocycles. The third kappa shape index (κ3) is 4.15. The van der Waals surface area contributed by atoms with Gasteiger partial charge >= 0.3 is 0 Å². The van der Waals surface area contributed by atoms with Crippen LogP contribution in [0.1, 0.15) is 30.4 Å². The predicted octanol–water partition coefficient (Wildman–Crippen LogP) is 5.65. The first-order valence-electron chi connectivity index (χ1n) is 5.37. The minimum atomic E-state index is 0.813. The van der Waals surface area contributed by atoms with Crippen molar-refractivity contribution in [1.82, 2.24) is 0 Å². The lowest BCUT2D eigenvalue weighted by Gasteiger charge is -2.05. The Balaban J connectivity index is 2.77. The molecule has 1 rings (SSSR count). The summed E-state index contributed by atoms with van der Waals surface area (Å²) in [6, 6.07) is 8.22. The van der Waals surface area contributed by atoms with Crippen LogP contribution in [0.25, 0.3) is 5.03 Å². The van der Waals surface area contributed by atoms with Crippen LogP contribution in [0.15, 0.2) is 41.4 Å². The quantitative estimate of drug-likeness (QED) is 0.486. The van der Waals surface area contributed by atoms with Crippen molar-refractivity contribution in [3.05, 3.63) is 52.5 Å². The van der Waals surface area contributed by atoms with Gasteiger partial charge in [-0.3, -0.25) is 0 Å². The van der Waals surface area contributed by atoms with E-state index in [4.69, 9.17) is 11.6 Å². The second kappa shape index (κ2) is 6.93. The summed E-state index contributed by atoms with van der Waals surface area (Å²) in [6.45, 7) is 5.78. The fourth-order valence-electron chi connectivity index (χ4n) is 1.45. The Morgan fingerprint density at radius 1 is 1.50 bits per heavy atom. The highest BCUT2D eigenvalue weighted by Gasteiger charge is 2.04. The predicted molar refractivity (Wildman–Crippen MR) is 76.9 cm³/mol. The van der Waals surface area contributed by atoms with Crippen molar-refractivity contribution in [3.8, 4) is 0 Å². The van der Waals surface area contributed by atoms with Gasteiger partial charge in [-0.15, -0.1) is 6.58 Å². The molecule has 0 aliphatic rings. The molecule has 0 atom stereocenters. The summed E-state index contributed by atoms with van der Waals surface area (Å²) >= 11 is 9.86. The van der Waals surface area contributed by atoms with Crippen LogP contribution in [0.2, 0.25) is 0 Å². The van der Waals surface area contributed by atoms with Gasteiger partial charge in [0, 0.05) is 4.48 Å². The van der Waals surface area contributed by atoms with E-state index in [1.807, 2.05) is 18.2 Å². The molecule has 0 nitrogen and oxygen atoms in total. The lowest BCUT2D eigenvalue weighted by Crippen LogP contribution is -1.83. The normalized spacial score (nSPS) is 12.2. The molecule has 0 aliphatic heterocycles. The standard InChI is InChI=1S/C14H16BrCl/c1-3-4-5-9-13(15)14(16)12-8-6-7-11(2)10-12/h3,6-8,10H,1,4-5,9H2,2H3/b14-13-. The van der Waals surface area contributed by atoms with Gasteiger partial charge in [-0.1, -0.05) is 63.4 Å². The van der Waals surface area contributed by atoms with Gasteiger partial charge in [-0.25, -0.2) is 0 Å². The summed E-state index contributed by atoms with van der Waals surface area (Å²) in [7, 11) is 0. The lowest BCUT2D eigenvalue weighted by atomic mass is 10.1. The van der Waals surface area contributed by atoms with Crippen LogP contribution >= 0.6 is 27.5 Å². The first kappa shape index (κ1) is 13.5. The first-order valence-corrected chi connectivity index (χ1v) is 6.54. The molecule has 0 aliphatic carbocycles. The van der Waals surface area contributed by atoms with Crippen molar-refractivity contribution in [1.29, 1.82) is 0 Å². The summed E-state index contributed by atoms with van der Waals surface area (Å²) < 4.78 is 1.07. The second-order valence-electron chi connectivity index (χ2n) is 3.77. The second-order valence-corrected chi connectivity index (χ2v) is 5.10. The van der Waals surface area contributed by atoms with E-state index in [0.717, 1.165) is 34.3 Å². The number of benzene rings is 1. The van der Waals surface area contributed by atoms with Gasteiger partial charge in [0.25, 0.3) is 0 Å². The van der Waals surface area contributed by atoms with Gasteiger partial charge < -0.3 is 0 Å². The molecule has 0 aromatic heterocycles. The topological polar surface area (TPSA) is 0 Å². The van der Waals surface area contributed by atoms with Crippen LogP contribution in [-0.2, 0) is 0 Å². The molecule has 0 spiro atoms. The summed E-state index contributed by atoms with van der Waals surface area (Å²) in [6.07, 6.45) is 4.98. The Labute approximate surface area is 111 Å². The minimum absolute atomic E-state index is 0.813. The van der Waals surface area contributed by atoms with E-state index < -0.39 is 0 Å². The molecule has 1 aromatic rings. The highest BCUT2D eigenvalue weighted by atomic mass is 79.9. The molecule has 0 saturated heterocycles. The molecule has 2 heteroatoms. The highest BCUT2D eigenvalue weighted by molar-refractivity contribution is 9.11. The van der Waals surface area contributed by atoms with E-state index in [2.05, 4.69) is 41.6 Å². The summed E-state index contributed by atoms with van der Waals surface area (Å²) in [4.78, 5) is 0. The van der Waals surface area contributed by atoms with Gasteiger partial charge in [0.2, 0.25) is 0 Å². The number of allylic oxidation sites excluding steroid dienone is 2. The SMILES string of the molecule is C=CCCC/C(Br)=C(/Cl)c1cccc(C)c1. The summed E-state index contributed by atoms with van der Waals surface area (Å²) in [5.41, 5.74) is 2.30. The maximum Gasteiger partial charge on any atom is 0.0579 e. The van der Waals surface area contributed by atoms with Crippen LogP contribution in [0.3, 0.4) is 0 Å². The van der Waals surface area contributed by atoms with Gasteiger partial charge in [0.1, 0.15) is 0 Å². The Hall–Kier alpha value is -0.530. The molecule has 0 bridgehead atoms. The summed E-state index contributed by atoms with van der Waals surface area (Å²) in [5, 5.41) is 0.813. The van der Waals surface area contributed by atoms with Crippen LogP contribution in [0, 0.1) is 6.92 Å². The highest BCUT2D eigenvalue weighted by Crippen LogP contribution is 2.30. The van der Waals surface area contributed by atoms with Gasteiger partial charge in [-0.2, -0.15) is 0 Å². The molecule has 86 valence electrons. The van der Waals surface area contributed by atoms with Crippen LogP contribution in [0.5, 0.6) is 0 Å². The van der Waals surface area contributed by atoms with E-state index in [9.17, 15) is 0 Å². The van der Waals surface area contributed by atoms with E-state index in [1.54, 1.807) is 0 Å². The maximum absolute atomic E-state index is 6.31. The van der Waals surface area contributed by atoms with Crippen molar-refractivity contribution < 1.29 is 0 Å². The van der Waals surface area contributed by atoms with Gasteiger partial charge in [0.05, 0.1) is 5.03 Å². The molecule has 0 saturated carbocycles. The molecule has 0 radical (unpaired) electrons. The number of hydrogen-bond donors (Lipinski definition) is 0. The third-order valence-electron chi connectivity index (χ3n) is 2.31. The first-order chi connectivity index (χ1) is 7.65. The average Bonchev–Trinajstić information content (AvgIpc) is 2.28. The number of hydrogen-bond acceptors (Lipinski definition) is 0. The molecule has 1 aromatic carbocycles. The van der Waals surface area contributed by atoms with Crippen molar-refractivity contribution in [2.75, 3.05) is 0 Å². The smallest absolute Gasteiger partial charge is 0.0579 e. The molecular weight excluding hydrogens is 284 g/mol. The number of unbranched alkanes of at least 4 members (excludes halogenated alkanes) is 1. The number of halogens is 2. The van der Waals surface area contributed by atoms with E-state index >= 15 is 0 Å². The lowest BCUT2D eigenvalue weighted by molar-refractivity contribution is 0.866. The zero-order valence-corrected chi connectivity index (χ0v) is 11.8. The van der Waals surface area contributed by atoms with E-state index in [-0.39, 0.29) is 0 Å². The fraction of sp³-hybridized carbons (Fsp3) is 0.286. The molecular formula is C14H16BrCl. The molecule has 0 N–H and O–H groups in total. The zero-order valence-electron chi connectivity index (χ0n) is 9.47. The van der Waals surface area contributed by atoms with Crippen molar-refractivity contribution >= 4 is 32.6 Å². The Kier molecular flexibility index (Phi) is 5.86. The number of rotatable bonds is 5. The van der Waals surface area contributed by atoms with E-state index in [1.165, 1.54) is 5.56 Å². The monoisotopic (exact) mass is 298 g/mol. The molecule has 0 amide bonds. The fourth-order valence-corrected chi connectivity index (χ4v) is 2.17. The van der Waals surface area contributed by atoms with Crippen LogP contribution in [-0.4, -0.2) is 0 Å².